The molecule has 0 aromatic heterocycles. The van der Waals surface area contributed by atoms with Crippen molar-refractivity contribution in [1.29, 1.82) is 5.26 Å². The minimum Gasteiger partial charge on any atom is -0.330 e. The van der Waals surface area contributed by atoms with Gasteiger partial charge in [-0.1, -0.05) is 13.8 Å². The van der Waals surface area contributed by atoms with E-state index in [2.05, 4.69) is 5.32 Å². The van der Waals surface area contributed by atoms with E-state index in [1.54, 1.807) is 29.2 Å². The summed E-state index contributed by atoms with van der Waals surface area (Å²) in [6.07, 6.45) is 0. The van der Waals surface area contributed by atoms with E-state index in [-0.39, 0.29) is 11.4 Å². The Bertz CT molecular complexity index is 488. The number of urea groups is 1. The molecule has 0 saturated heterocycles. The topological polar surface area (TPSA) is 82.2 Å². The summed E-state index contributed by atoms with van der Waals surface area (Å²) in [5.74, 6) is 0. The molecule has 0 heterocycles. The molecule has 0 atom stereocenters. The number of nitrogens with zero attached hydrogens (tertiary/aromatic N) is 2. The summed E-state index contributed by atoms with van der Waals surface area (Å²) in [7, 11) is 0. The van der Waals surface area contributed by atoms with Gasteiger partial charge >= 0.3 is 6.03 Å². The van der Waals surface area contributed by atoms with Crippen molar-refractivity contribution in [2.75, 3.05) is 25.0 Å². The van der Waals surface area contributed by atoms with Crippen molar-refractivity contribution in [3.63, 3.8) is 0 Å². The zero-order chi connectivity index (χ0) is 15.2. The monoisotopic (exact) mass is 274 g/mol. The molecule has 3 N–H and O–H groups in total. The molecular weight excluding hydrogens is 252 g/mol. The Morgan fingerprint density at radius 1 is 1.40 bits per heavy atom. The average molecular weight is 274 g/mol. The second-order valence-corrected chi connectivity index (χ2v) is 5.50. The average Bonchev–Trinajstić information content (AvgIpc) is 2.45. The van der Waals surface area contributed by atoms with Crippen molar-refractivity contribution < 1.29 is 4.79 Å². The van der Waals surface area contributed by atoms with Gasteiger partial charge in [0.25, 0.3) is 0 Å². The molecule has 2 amide bonds. The molecule has 5 nitrogen and oxygen atoms in total. The van der Waals surface area contributed by atoms with Crippen molar-refractivity contribution >= 4 is 11.7 Å². The SMILES string of the molecule is CCN(CC(C)(C)CN)C(=O)Nc1ccc(C#N)cc1. The van der Waals surface area contributed by atoms with Gasteiger partial charge in [0.2, 0.25) is 0 Å². The van der Waals surface area contributed by atoms with Crippen LogP contribution in [0.25, 0.3) is 0 Å². The molecule has 0 radical (unpaired) electrons. The molecule has 0 saturated carbocycles. The lowest BCUT2D eigenvalue weighted by Gasteiger charge is -2.31. The van der Waals surface area contributed by atoms with E-state index >= 15 is 0 Å². The Kier molecular flexibility index (Phi) is 5.53. The van der Waals surface area contributed by atoms with E-state index in [9.17, 15) is 4.79 Å². The summed E-state index contributed by atoms with van der Waals surface area (Å²) < 4.78 is 0. The zero-order valence-corrected chi connectivity index (χ0v) is 12.3. The van der Waals surface area contributed by atoms with Crippen LogP contribution in [0, 0.1) is 16.7 Å². The largest absolute Gasteiger partial charge is 0.330 e. The summed E-state index contributed by atoms with van der Waals surface area (Å²) in [5, 5.41) is 11.6. The highest BCUT2D eigenvalue weighted by Crippen LogP contribution is 2.16. The molecule has 20 heavy (non-hydrogen) atoms. The molecule has 0 aliphatic heterocycles. The number of benzene rings is 1. The van der Waals surface area contributed by atoms with Gasteiger partial charge in [0.05, 0.1) is 11.6 Å². The van der Waals surface area contributed by atoms with Gasteiger partial charge in [0, 0.05) is 18.8 Å². The lowest BCUT2D eigenvalue weighted by Crippen LogP contribution is -2.43. The Morgan fingerprint density at radius 3 is 2.45 bits per heavy atom. The predicted molar refractivity (Wildman–Crippen MR) is 80.3 cm³/mol. The Balaban J connectivity index is 2.69. The van der Waals surface area contributed by atoms with Crippen LogP contribution in [0.5, 0.6) is 0 Å². The first-order valence-electron chi connectivity index (χ1n) is 6.68. The Hall–Kier alpha value is -2.06. The Labute approximate surface area is 120 Å². The van der Waals surface area contributed by atoms with Gasteiger partial charge in [-0.15, -0.1) is 0 Å². The summed E-state index contributed by atoms with van der Waals surface area (Å²) in [5.41, 5.74) is 6.84. The van der Waals surface area contributed by atoms with Gasteiger partial charge < -0.3 is 16.0 Å². The third-order valence-electron chi connectivity index (χ3n) is 3.11. The number of hydrogen-bond donors (Lipinski definition) is 2. The fourth-order valence-electron chi connectivity index (χ4n) is 1.74. The van der Waals surface area contributed by atoms with Crippen molar-refractivity contribution in [2.24, 2.45) is 11.1 Å². The summed E-state index contributed by atoms with van der Waals surface area (Å²) in [6, 6.07) is 8.68. The smallest absolute Gasteiger partial charge is 0.321 e. The van der Waals surface area contributed by atoms with Crippen LogP contribution in [0.1, 0.15) is 26.3 Å². The number of carbonyl (C=O) groups is 1. The van der Waals surface area contributed by atoms with Crippen molar-refractivity contribution in [3.05, 3.63) is 29.8 Å². The highest BCUT2D eigenvalue weighted by atomic mass is 16.2. The predicted octanol–water partition coefficient (Wildman–Crippen LogP) is 2.40. The normalized spacial score (nSPS) is 10.8. The number of amides is 2. The molecule has 0 bridgehead atoms. The number of hydrogen-bond acceptors (Lipinski definition) is 3. The highest BCUT2D eigenvalue weighted by molar-refractivity contribution is 5.89. The van der Waals surface area contributed by atoms with Crippen LogP contribution < -0.4 is 11.1 Å². The van der Waals surface area contributed by atoms with E-state index in [1.165, 1.54) is 0 Å². The minimum atomic E-state index is -0.154. The van der Waals surface area contributed by atoms with E-state index in [1.807, 2.05) is 26.8 Å². The number of nitrogens with two attached hydrogens (primary N) is 1. The van der Waals surface area contributed by atoms with Crippen LogP contribution in [0.15, 0.2) is 24.3 Å². The van der Waals surface area contributed by atoms with Crippen LogP contribution >= 0.6 is 0 Å². The minimum absolute atomic E-state index is 0.113. The number of carbonyl (C=O) groups excluding carboxylic acids is 1. The number of nitriles is 1. The molecule has 0 fully saturated rings. The van der Waals surface area contributed by atoms with Gasteiger partial charge in [-0.25, -0.2) is 4.79 Å². The summed E-state index contributed by atoms with van der Waals surface area (Å²) in [4.78, 5) is 13.9. The molecule has 0 spiro atoms. The van der Waals surface area contributed by atoms with Gasteiger partial charge in [-0.05, 0) is 43.1 Å². The van der Waals surface area contributed by atoms with Crippen LogP contribution in [0.3, 0.4) is 0 Å². The van der Waals surface area contributed by atoms with E-state index in [0.717, 1.165) is 0 Å². The maximum absolute atomic E-state index is 12.2. The van der Waals surface area contributed by atoms with Crippen molar-refractivity contribution in [2.45, 2.75) is 20.8 Å². The van der Waals surface area contributed by atoms with Crippen LogP contribution in [0.2, 0.25) is 0 Å². The lowest BCUT2D eigenvalue weighted by molar-refractivity contribution is 0.185. The molecule has 1 rings (SSSR count). The van der Waals surface area contributed by atoms with E-state index in [0.29, 0.717) is 30.9 Å². The number of nitrogens with one attached hydrogen (secondary N) is 1. The van der Waals surface area contributed by atoms with Gasteiger partial charge in [-0.3, -0.25) is 0 Å². The quantitative estimate of drug-likeness (QED) is 0.865. The Morgan fingerprint density at radius 2 is 2.00 bits per heavy atom. The first-order valence-corrected chi connectivity index (χ1v) is 6.68. The zero-order valence-electron chi connectivity index (χ0n) is 12.3. The molecule has 0 unspecified atom stereocenters. The maximum Gasteiger partial charge on any atom is 0.321 e. The molecule has 108 valence electrons. The standard InChI is InChI=1S/C15H22N4O/c1-4-19(11-15(2,3)10-17)14(20)18-13-7-5-12(9-16)6-8-13/h5-8H,4,10-11,17H2,1-3H3,(H,18,20). The molecule has 5 heteroatoms. The van der Waals surface area contributed by atoms with E-state index in [4.69, 9.17) is 11.0 Å². The van der Waals surface area contributed by atoms with E-state index < -0.39 is 0 Å². The van der Waals surface area contributed by atoms with Gasteiger partial charge in [0.1, 0.15) is 0 Å². The molecule has 1 aromatic rings. The lowest BCUT2D eigenvalue weighted by atomic mass is 9.93. The van der Waals surface area contributed by atoms with Crippen LogP contribution in [-0.2, 0) is 0 Å². The summed E-state index contributed by atoms with van der Waals surface area (Å²) in [6.45, 7) is 7.74. The number of rotatable bonds is 5. The summed E-state index contributed by atoms with van der Waals surface area (Å²) >= 11 is 0. The van der Waals surface area contributed by atoms with Crippen LogP contribution in [0.4, 0.5) is 10.5 Å². The third-order valence-corrected chi connectivity index (χ3v) is 3.11. The fourth-order valence-corrected chi connectivity index (χ4v) is 1.74. The second-order valence-electron chi connectivity index (χ2n) is 5.50. The fraction of sp³-hybridized carbons (Fsp3) is 0.467. The third kappa shape index (κ3) is 4.56. The van der Waals surface area contributed by atoms with Gasteiger partial charge in [-0.2, -0.15) is 5.26 Å². The molecule has 0 aliphatic carbocycles. The van der Waals surface area contributed by atoms with Crippen molar-refractivity contribution in [1.82, 2.24) is 4.90 Å². The maximum atomic E-state index is 12.2. The first-order chi connectivity index (χ1) is 9.41. The molecule has 1 aromatic carbocycles. The first kappa shape index (κ1) is 16.0. The second kappa shape index (κ2) is 6.92. The van der Waals surface area contributed by atoms with Gasteiger partial charge in [0.15, 0.2) is 0 Å². The number of anilines is 1. The highest BCUT2D eigenvalue weighted by Gasteiger charge is 2.22. The molecular formula is C15H22N4O. The van der Waals surface area contributed by atoms with Crippen LogP contribution in [-0.4, -0.2) is 30.6 Å². The van der Waals surface area contributed by atoms with Crippen molar-refractivity contribution in [3.8, 4) is 6.07 Å². The molecule has 0 aliphatic rings.